The minimum Gasteiger partial charge on any atom is -0.384 e. The average Bonchev–Trinajstić information content (AvgIpc) is 3.16. The van der Waals surface area contributed by atoms with E-state index < -0.39 is 0 Å². The van der Waals surface area contributed by atoms with Crippen LogP contribution in [0, 0.1) is 11.8 Å². The zero-order chi connectivity index (χ0) is 19.3. The van der Waals surface area contributed by atoms with E-state index in [1.54, 1.807) is 6.20 Å². The van der Waals surface area contributed by atoms with Crippen molar-refractivity contribution >= 4 is 11.0 Å². The van der Waals surface area contributed by atoms with Crippen molar-refractivity contribution in [1.29, 1.82) is 0 Å². The number of pyridine rings is 1. The fraction of sp³-hybridized carbons (Fsp3) is 0.130. The molecule has 0 bridgehead atoms. The molecule has 2 heterocycles. The first kappa shape index (κ1) is 17.9. The second-order valence-electron chi connectivity index (χ2n) is 6.42. The number of nitrogens with two attached hydrogens (primary N) is 1. The Kier molecular flexibility index (Phi) is 5.16. The highest BCUT2D eigenvalue weighted by Crippen LogP contribution is 2.33. The molecule has 1 atom stereocenters. The first-order valence-electron chi connectivity index (χ1n) is 9.00. The maximum atomic E-state index is 8.86. The Morgan fingerprint density at radius 3 is 2.75 bits per heavy atom. The highest BCUT2D eigenvalue weighted by Gasteiger charge is 2.18. The summed E-state index contributed by atoms with van der Waals surface area (Å²) in [6, 6.07) is 19.2. The Hall–Kier alpha value is -3.46. The zero-order valence-corrected chi connectivity index (χ0v) is 15.2. The van der Waals surface area contributed by atoms with Gasteiger partial charge >= 0.3 is 0 Å². The summed E-state index contributed by atoms with van der Waals surface area (Å²) in [6.07, 6.45) is 2.41. The summed E-state index contributed by atoms with van der Waals surface area (Å²) in [4.78, 5) is 4.38. The van der Waals surface area contributed by atoms with Crippen LogP contribution in [-0.4, -0.2) is 21.9 Å². The van der Waals surface area contributed by atoms with Crippen LogP contribution in [0.1, 0.15) is 22.9 Å². The van der Waals surface area contributed by atoms with Crippen molar-refractivity contribution in [1.82, 2.24) is 10.1 Å². The van der Waals surface area contributed by atoms with Crippen LogP contribution in [0.3, 0.4) is 0 Å². The van der Waals surface area contributed by atoms with Gasteiger partial charge in [-0.1, -0.05) is 47.3 Å². The van der Waals surface area contributed by atoms with Crippen LogP contribution in [0.2, 0.25) is 0 Å². The lowest BCUT2D eigenvalue weighted by molar-refractivity contribution is 0.350. The number of nitrogens with zero attached hydrogens (tertiary/aromatic N) is 2. The molecular formula is C23H19N3O2. The van der Waals surface area contributed by atoms with E-state index in [0.29, 0.717) is 12.0 Å². The molecule has 0 aliphatic heterocycles. The second kappa shape index (κ2) is 8.05. The minimum atomic E-state index is -0.215. The Balaban J connectivity index is 1.72. The Labute approximate surface area is 162 Å². The summed E-state index contributed by atoms with van der Waals surface area (Å²) < 4.78 is 5.54. The third-order valence-corrected chi connectivity index (χ3v) is 4.55. The van der Waals surface area contributed by atoms with Crippen LogP contribution < -0.4 is 5.73 Å². The maximum absolute atomic E-state index is 8.86. The molecule has 0 aliphatic carbocycles. The number of aliphatic hydroxyl groups excluding tert-OH is 1. The molecule has 0 saturated carbocycles. The van der Waals surface area contributed by atoms with E-state index in [2.05, 4.69) is 22.0 Å². The van der Waals surface area contributed by atoms with Gasteiger partial charge in [0, 0.05) is 40.9 Å². The summed E-state index contributed by atoms with van der Waals surface area (Å²) in [5.41, 5.74) is 11.6. The summed E-state index contributed by atoms with van der Waals surface area (Å²) in [7, 11) is 0. The molecule has 3 N–H and O–H groups in total. The van der Waals surface area contributed by atoms with Gasteiger partial charge in [-0.3, -0.25) is 4.98 Å². The first-order valence-corrected chi connectivity index (χ1v) is 9.00. The lowest BCUT2D eigenvalue weighted by Gasteiger charge is -2.15. The lowest BCUT2D eigenvalue weighted by atomic mass is 9.94. The van der Waals surface area contributed by atoms with Gasteiger partial charge in [-0.2, -0.15) is 0 Å². The van der Waals surface area contributed by atoms with Crippen molar-refractivity contribution in [3.63, 3.8) is 0 Å². The van der Waals surface area contributed by atoms with E-state index in [9.17, 15) is 0 Å². The van der Waals surface area contributed by atoms with E-state index in [4.69, 9.17) is 15.4 Å². The van der Waals surface area contributed by atoms with Gasteiger partial charge in [0.05, 0.1) is 0 Å². The third kappa shape index (κ3) is 3.65. The summed E-state index contributed by atoms with van der Waals surface area (Å²) in [5.74, 6) is 5.51. The molecule has 0 spiro atoms. The van der Waals surface area contributed by atoms with Crippen molar-refractivity contribution in [2.24, 2.45) is 5.73 Å². The van der Waals surface area contributed by atoms with E-state index in [0.717, 1.165) is 33.5 Å². The smallest absolute Gasteiger partial charge is 0.168 e. The molecule has 4 rings (SSSR count). The maximum Gasteiger partial charge on any atom is 0.168 e. The van der Waals surface area contributed by atoms with Gasteiger partial charge in [-0.15, -0.1) is 0 Å². The van der Waals surface area contributed by atoms with E-state index >= 15 is 0 Å². The summed E-state index contributed by atoms with van der Waals surface area (Å²) in [5, 5.41) is 14.0. The molecule has 2 aromatic heterocycles. The highest BCUT2D eigenvalue weighted by atomic mass is 16.5. The van der Waals surface area contributed by atoms with Gasteiger partial charge in [0.15, 0.2) is 5.58 Å². The Morgan fingerprint density at radius 1 is 1.07 bits per heavy atom. The van der Waals surface area contributed by atoms with Crippen LogP contribution in [0.15, 0.2) is 71.4 Å². The fourth-order valence-corrected chi connectivity index (χ4v) is 3.24. The number of aliphatic hydroxyl groups is 1. The molecule has 0 amide bonds. The highest BCUT2D eigenvalue weighted by molar-refractivity contribution is 5.93. The van der Waals surface area contributed by atoms with Crippen LogP contribution in [0.25, 0.3) is 22.2 Å². The van der Waals surface area contributed by atoms with E-state index in [1.807, 2.05) is 60.7 Å². The average molecular weight is 369 g/mol. The van der Waals surface area contributed by atoms with Gasteiger partial charge in [-0.05, 0) is 35.9 Å². The normalized spacial score (nSPS) is 11.8. The van der Waals surface area contributed by atoms with Gasteiger partial charge in [0.2, 0.25) is 0 Å². The molecule has 5 heteroatoms. The predicted molar refractivity (Wildman–Crippen MR) is 108 cm³/mol. The SMILES string of the molecule is NC(Cc1ccccn1)c1ccccc1-c1noc2cc(C#CCO)ccc12. The predicted octanol–water partition coefficient (Wildman–Crippen LogP) is 3.48. The van der Waals surface area contributed by atoms with E-state index in [-0.39, 0.29) is 12.6 Å². The Bertz CT molecular complexity index is 1160. The number of fused-ring (bicyclic) bond motifs is 1. The van der Waals surface area contributed by atoms with Crippen LogP contribution >= 0.6 is 0 Å². The van der Waals surface area contributed by atoms with E-state index in [1.165, 1.54) is 0 Å². The lowest BCUT2D eigenvalue weighted by Crippen LogP contribution is -2.15. The molecule has 0 aliphatic rings. The third-order valence-electron chi connectivity index (χ3n) is 4.55. The number of hydrogen-bond donors (Lipinski definition) is 2. The van der Waals surface area contributed by atoms with Crippen LogP contribution in [0.5, 0.6) is 0 Å². The van der Waals surface area contributed by atoms with Crippen molar-refractivity contribution in [3.05, 3.63) is 83.7 Å². The quantitative estimate of drug-likeness (QED) is 0.538. The van der Waals surface area contributed by atoms with Crippen molar-refractivity contribution in [2.75, 3.05) is 6.61 Å². The monoisotopic (exact) mass is 369 g/mol. The molecular weight excluding hydrogens is 350 g/mol. The second-order valence-corrected chi connectivity index (χ2v) is 6.42. The first-order chi connectivity index (χ1) is 13.8. The Morgan fingerprint density at radius 2 is 1.93 bits per heavy atom. The molecule has 28 heavy (non-hydrogen) atoms. The number of hydrogen-bond acceptors (Lipinski definition) is 5. The zero-order valence-electron chi connectivity index (χ0n) is 15.2. The molecule has 4 aromatic rings. The van der Waals surface area contributed by atoms with Gasteiger partial charge in [0.25, 0.3) is 0 Å². The van der Waals surface area contributed by atoms with Crippen molar-refractivity contribution < 1.29 is 9.63 Å². The van der Waals surface area contributed by atoms with Crippen LogP contribution in [-0.2, 0) is 6.42 Å². The fourth-order valence-electron chi connectivity index (χ4n) is 3.24. The molecule has 1 unspecified atom stereocenters. The molecule has 138 valence electrons. The molecule has 5 nitrogen and oxygen atoms in total. The van der Waals surface area contributed by atoms with Crippen molar-refractivity contribution in [2.45, 2.75) is 12.5 Å². The molecule has 2 aromatic carbocycles. The van der Waals surface area contributed by atoms with Gasteiger partial charge in [0.1, 0.15) is 12.3 Å². The van der Waals surface area contributed by atoms with Crippen LogP contribution in [0.4, 0.5) is 0 Å². The summed E-state index contributed by atoms with van der Waals surface area (Å²) >= 11 is 0. The van der Waals surface area contributed by atoms with Gasteiger partial charge < -0.3 is 15.4 Å². The molecule has 0 saturated heterocycles. The minimum absolute atomic E-state index is 0.179. The number of aromatic nitrogens is 2. The number of rotatable bonds is 4. The molecule has 0 fully saturated rings. The standard InChI is InChI=1S/C23H19N3O2/c24-21(15-17-7-3-4-12-25-17)18-8-1-2-9-19(18)23-20-11-10-16(6-5-13-27)14-22(20)28-26-23/h1-4,7-12,14,21,27H,13,15,24H2. The molecule has 0 radical (unpaired) electrons. The summed E-state index contributed by atoms with van der Waals surface area (Å²) in [6.45, 7) is -0.179. The topological polar surface area (TPSA) is 85.2 Å². The largest absolute Gasteiger partial charge is 0.384 e. The van der Waals surface area contributed by atoms with Crippen molar-refractivity contribution in [3.8, 4) is 23.1 Å². The number of benzene rings is 2. The van der Waals surface area contributed by atoms with Gasteiger partial charge in [-0.25, -0.2) is 0 Å².